The molecule has 0 unspecified atom stereocenters. The summed E-state index contributed by atoms with van der Waals surface area (Å²) in [6, 6.07) is 11.1. The van der Waals surface area contributed by atoms with E-state index in [-0.39, 0.29) is 16.6 Å². The Morgan fingerprint density at radius 2 is 1.95 bits per heavy atom. The van der Waals surface area contributed by atoms with Crippen molar-refractivity contribution in [2.45, 2.75) is 18.4 Å². The highest BCUT2D eigenvalue weighted by Crippen LogP contribution is 2.22. The zero-order valence-electron chi connectivity index (χ0n) is 11.5. The number of aryl methyl sites for hydroxylation is 1. The third-order valence-corrected chi connectivity index (χ3v) is 4.04. The largest absolute Gasteiger partial charge is 0.351 e. The van der Waals surface area contributed by atoms with Gasteiger partial charge in [-0.05, 0) is 30.2 Å². The number of rotatable bonds is 5. The van der Waals surface area contributed by atoms with Gasteiger partial charge in [-0.25, -0.2) is 8.78 Å². The Balaban J connectivity index is 1.84. The first-order chi connectivity index (χ1) is 10.1. The average Bonchev–Trinajstić information content (AvgIpc) is 2.45. The number of benzene rings is 2. The predicted octanol–water partition coefficient (Wildman–Crippen LogP) is 3.68. The van der Waals surface area contributed by atoms with Crippen LogP contribution in [0.5, 0.6) is 0 Å². The number of hydrogen-bond donors (Lipinski definition) is 1. The fraction of sp³-hybridized carbons (Fsp3) is 0.188. The summed E-state index contributed by atoms with van der Waals surface area (Å²) in [5, 5.41) is 2.78. The van der Waals surface area contributed by atoms with Gasteiger partial charge in [0.2, 0.25) is 5.91 Å². The number of carbonyl (C=O) groups excluding carboxylic acids is 1. The summed E-state index contributed by atoms with van der Waals surface area (Å²) in [5.74, 6) is -1.37. The molecule has 0 fully saturated rings. The lowest BCUT2D eigenvalue weighted by Crippen LogP contribution is -2.24. The SMILES string of the molecule is Cc1ccccc1CNC(=O)CSc1ccc(F)cc1F. The summed E-state index contributed by atoms with van der Waals surface area (Å²) in [6.07, 6.45) is 0. The number of thioether (sulfide) groups is 1. The fourth-order valence-electron chi connectivity index (χ4n) is 1.79. The van der Waals surface area contributed by atoms with Crippen molar-refractivity contribution >= 4 is 17.7 Å². The molecule has 0 aliphatic carbocycles. The fourth-order valence-corrected chi connectivity index (χ4v) is 2.54. The molecule has 5 heteroatoms. The lowest BCUT2D eigenvalue weighted by Gasteiger charge is -2.08. The van der Waals surface area contributed by atoms with Gasteiger partial charge < -0.3 is 5.32 Å². The summed E-state index contributed by atoms with van der Waals surface area (Å²) in [5.41, 5.74) is 2.15. The van der Waals surface area contributed by atoms with E-state index in [0.29, 0.717) is 6.54 Å². The molecule has 0 saturated carbocycles. The smallest absolute Gasteiger partial charge is 0.230 e. The molecule has 0 aliphatic rings. The van der Waals surface area contributed by atoms with E-state index in [0.717, 1.165) is 29.0 Å². The van der Waals surface area contributed by atoms with Crippen molar-refractivity contribution in [1.29, 1.82) is 0 Å². The number of amides is 1. The standard InChI is InChI=1S/C16H15F2NOS/c1-11-4-2-3-5-12(11)9-19-16(20)10-21-15-7-6-13(17)8-14(15)18/h2-8H,9-10H2,1H3,(H,19,20). The van der Waals surface area contributed by atoms with Crippen molar-refractivity contribution in [3.8, 4) is 0 Å². The number of carbonyl (C=O) groups is 1. The Labute approximate surface area is 126 Å². The van der Waals surface area contributed by atoms with E-state index in [4.69, 9.17) is 0 Å². The molecule has 2 aromatic rings. The molecule has 2 nitrogen and oxygen atoms in total. The van der Waals surface area contributed by atoms with Crippen molar-refractivity contribution in [2.75, 3.05) is 5.75 Å². The Kier molecular flexibility index (Phi) is 5.33. The van der Waals surface area contributed by atoms with Gasteiger partial charge in [-0.15, -0.1) is 11.8 Å². The molecule has 0 aliphatic heterocycles. The van der Waals surface area contributed by atoms with E-state index in [1.165, 1.54) is 12.1 Å². The van der Waals surface area contributed by atoms with Gasteiger partial charge in [-0.1, -0.05) is 24.3 Å². The Morgan fingerprint density at radius 3 is 2.67 bits per heavy atom. The number of nitrogens with one attached hydrogen (secondary N) is 1. The molecule has 0 spiro atoms. The van der Waals surface area contributed by atoms with Crippen LogP contribution in [0.1, 0.15) is 11.1 Å². The Bertz CT molecular complexity index is 646. The van der Waals surface area contributed by atoms with Gasteiger partial charge in [-0.3, -0.25) is 4.79 Å². The zero-order chi connectivity index (χ0) is 15.2. The molecule has 2 aromatic carbocycles. The van der Waals surface area contributed by atoms with Crippen LogP contribution in [0.25, 0.3) is 0 Å². The van der Waals surface area contributed by atoms with Gasteiger partial charge in [0.05, 0.1) is 5.75 Å². The van der Waals surface area contributed by atoms with Gasteiger partial charge in [0.25, 0.3) is 0 Å². The minimum absolute atomic E-state index is 0.0917. The van der Waals surface area contributed by atoms with E-state index in [1.807, 2.05) is 31.2 Å². The molecular formula is C16H15F2NOS. The van der Waals surface area contributed by atoms with Crippen LogP contribution in [0.4, 0.5) is 8.78 Å². The van der Waals surface area contributed by atoms with Gasteiger partial charge in [0, 0.05) is 17.5 Å². The molecule has 0 aromatic heterocycles. The minimum Gasteiger partial charge on any atom is -0.351 e. The molecule has 0 heterocycles. The highest BCUT2D eigenvalue weighted by atomic mass is 32.2. The lowest BCUT2D eigenvalue weighted by molar-refractivity contribution is -0.118. The van der Waals surface area contributed by atoms with Crippen LogP contribution in [0.3, 0.4) is 0 Å². The first kappa shape index (κ1) is 15.5. The number of halogens is 2. The first-order valence-corrected chi connectivity index (χ1v) is 7.44. The summed E-state index contributed by atoms with van der Waals surface area (Å²) in [4.78, 5) is 12.0. The van der Waals surface area contributed by atoms with E-state index < -0.39 is 11.6 Å². The van der Waals surface area contributed by atoms with Crippen molar-refractivity contribution in [3.05, 3.63) is 65.2 Å². The molecular weight excluding hydrogens is 292 g/mol. The molecule has 0 bridgehead atoms. The molecule has 1 amide bonds. The van der Waals surface area contributed by atoms with Crippen LogP contribution in [0, 0.1) is 18.6 Å². The lowest BCUT2D eigenvalue weighted by atomic mass is 10.1. The summed E-state index contributed by atoms with van der Waals surface area (Å²) >= 11 is 1.05. The van der Waals surface area contributed by atoms with Crippen LogP contribution in [-0.2, 0) is 11.3 Å². The monoisotopic (exact) mass is 307 g/mol. The second-order valence-electron chi connectivity index (χ2n) is 4.57. The number of hydrogen-bond acceptors (Lipinski definition) is 2. The van der Waals surface area contributed by atoms with Gasteiger partial charge in [-0.2, -0.15) is 0 Å². The summed E-state index contributed by atoms with van der Waals surface area (Å²) in [7, 11) is 0. The summed E-state index contributed by atoms with van der Waals surface area (Å²) in [6.45, 7) is 2.42. The zero-order valence-corrected chi connectivity index (χ0v) is 12.3. The molecule has 1 N–H and O–H groups in total. The van der Waals surface area contributed by atoms with Crippen LogP contribution in [-0.4, -0.2) is 11.7 Å². The average molecular weight is 307 g/mol. The van der Waals surface area contributed by atoms with Crippen LogP contribution in [0.15, 0.2) is 47.4 Å². The van der Waals surface area contributed by atoms with Crippen molar-refractivity contribution in [2.24, 2.45) is 0 Å². The minimum atomic E-state index is -0.647. The quantitative estimate of drug-likeness (QED) is 0.854. The highest BCUT2D eigenvalue weighted by molar-refractivity contribution is 8.00. The van der Waals surface area contributed by atoms with E-state index in [9.17, 15) is 13.6 Å². The van der Waals surface area contributed by atoms with Gasteiger partial charge in [0.1, 0.15) is 11.6 Å². The molecule has 2 rings (SSSR count). The Hall–Kier alpha value is -1.88. The Morgan fingerprint density at radius 1 is 1.19 bits per heavy atom. The second-order valence-corrected chi connectivity index (χ2v) is 5.58. The highest BCUT2D eigenvalue weighted by Gasteiger charge is 2.08. The maximum atomic E-state index is 13.4. The van der Waals surface area contributed by atoms with Crippen molar-refractivity contribution in [3.63, 3.8) is 0 Å². The van der Waals surface area contributed by atoms with E-state index in [2.05, 4.69) is 5.32 Å². The molecule has 21 heavy (non-hydrogen) atoms. The predicted molar refractivity (Wildman–Crippen MR) is 80.1 cm³/mol. The second kappa shape index (κ2) is 7.22. The summed E-state index contributed by atoms with van der Waals surface area (Å²) < 4.78 is 26.2. The normalized spacial score (nSPS) is 10.4. The van der Waals surface area contributed by atoms with E-state index >= 15 is 0 Å². The van der Waals surface area contributed by atoms with Crippen LogP contribution >= 0.6 is 11.8 Å². The molecule has 0 saturated heterocycles. The third-order valence-electron chi connectivity index (χ3n) is 2.99. The maximum Gasteiger partial charge on any atom is 0.230 e. The van der Waals surface area contributed by atoms with E-state index in [1.54, 1.807) is 0 Å². The topological polar surface area (TPSA) is 29.1 Å². The van der Waals surface area contributed by atoms with Crippen LogP contribution < -0.4 is 5.32 Å². The molecule has 0 radical (unpaired) electrons. The molecule has 110 valence electrons. The van der Waals surface area contributed by atoms with Crippen molar-refractivity contribution < 1.29 is 13.6 Å². The third kappa shape index (κ3) is 4.56. The molecule has 0 atom stereocenters. The van der Waals surface area contributed by atoms with Crippen LogP contribution in [0.2, 0.25) is 0 Å². The van der Waals surface area contributed by atoms with Crippen molar-refractivity contribution in [1.82, 2.24) is 5.32 Å². The first-order valence-electron chi connectivity index (χ1n) is 6.45. The van der Waals surface area contributed by atoms with Gasteiger partial charge in [0.15, 0.2) is 0 Å². The van der Waals surface area contributed by atoms with Gasteiger partial charge >= 0.3 is 0 Å². The maximum absolute atomic E-state index is 13.4.